The predicted molar refractivity (Wildman–Crippen MR) is 50.5 cm³/mol. The van der Waals surface area contributed by atoms with Crippen molar-refractivity contribution < 1.29 is 4.39 Å². The second kappa shape index (κ2) is 3.63. The van der Waals surface area contributed by atoms with E-state index in [-0.39, 0.29) is 11.7 Å². The molecule has 0 heterocycles. The van der Waals surface area contributed by atoms with Crippen molar-refractivity contribution >= 4 is 23.2 Å². The Morgan fingerprint density at radius 2 is 1.83 bits per heavy atom. The number of hydrogen-bond donors (Lipinski definition) is 0. The molecular formula is C9H9Cl2F. The second-order valence-corrected chi connectivity index (χ2v) is 3.78. The Bertz CT molecular complexity index is 272. The van der Waals surface area contributed by atoms with Gasteiger partial charge >= 0.3 is 0 Å². The molecule has 0 N–H and O–H groups in total. The van der Waals surface area contributed by atoms with Gasteiger partial charge in [-0.1, -0.05) is 37.0 Å². The Kier molecular flexibility index (Phi) is 2.97. The number of benzene rings is 1. The lowest BCUT2D eigenvalue weighted by Gasteiger charge is -2.09. The minimum atomic E-state index is -0.331. The molecule has 1 aromatic rings. The third-order valence-corrected chi connectivity index (χ3v) is 2.15. The molecule has 0 aliphatic carbocycles. The van der Waals surface area contributed by atoms with Crippen LogP contribution in [-0.2, 0) is 0 Å². The van der Waals surface area contributed by atoms with Crippen LogP contribution < -0.4 is 0 Å². The van der Waals surface area contributed by atoms with Crippen molar-refractivity contribution in [1.29, 1.82) is 0 Å². The summed E-state index contributed by atoms with van der Waals surface area (Å²) >= 11 is 11.4. The molecule has 0 radical (unpaired) electrons. The Labute approximate surface area is 81.3 Å². The van der Waals surface area contributed by atoms with Crippen LogP contribution in [0.5, 0.6) is 0 Å². The van der Waals surface area contributed by atoms with Gasteiger partial charge in [0.05, 0.1) is 0 Å². The minimum Gasteiger partial charge on any atom is -0.207 e. The van der Waals surface area contributed by atoms with E-state index in [9.17, 15) is 4.39 Å². The van der Waals surface area contributed by atoms with E-state index in [2.05, 4.69) is 0 Å². The average molecular weight is 207 g/mol. The summed E-state index contributed by atoms with van der Waals surface area (Å²) in [6.07, 6.45) is 0. The van der Waals surface area contributed by atoms with Crippen LogP contribution in [0.4, 0.5) is 4.39 Å². The zero-order valence-corrected chi connectivity index (χ0v) is 8.38. The van der Waals surface area contributed by atoms with Crippen LogP contribution >= 0.6 is 23.2 Å². The van der Waals surface area contributed by atoms with Crippen molar-refractivity contribution in [3.05, 3.63) is 33.6 Å². The van der Waals surface area contributed by atoms with Crippen LogP contribution in [-0.4, -0.2) is 0 Å². The first kappa shape index (κ1) is 9.82. The summed E-state index contributed by atoms with van der Waals surface area (Å²) in [5, 5.41) is 0.733. The van der Waals surface area contributed by atoms with Gasteiger partial charge in [0, 0.05) is 15.6 Å². The average Bonchev–Trinajstić information content (AvgIpc) is 1.82. The lowest BCUT2D eigenvalue weighted by Crippen LogP contribution is -1.94. The van der Waals surface area contributed by atoms with E-state index in [0.29, 0.717) is 15.6 Å². The standard InChI is InChI=1S/C9H9Cl2F/c1-5(2)9-7(11)3-6(10)4-8(9)12/h3-5H,1-2H3. The topological polar surface area (TPSA) is 0 Å². The fourth-order valence-corrected chi connectivity index (χ4v) is 1.79. The Balaban J connectivity index is 3.28. The molecule has 0 bridgehead atoms. The minimum absolute atomic E-state index is 0.0785. The highest BCUT2D eigenvalue weighted by atomic mass is 35.5. The Hall–Kier alpha value is -0.270. The van der Waals surface area contributed by atoms with E-state index in [4.69, 9.17) is 23.2 Å². The monoisotopic (exact) mass is 206 g/mol. The maximum atomic E-state index is 13.2. The summed E-state index contributed by atoms with van der Waals surface area (Å²) < 4.78 is 13.2. The van der Waals surface area contributed by atoms with Crippen LogP contribution in [0, 0.1) is 5.82 Å². The van der Waals surface area contributed by atoms with Gasteiger partial charge < -0.3 is 0 Å². The molecule has 0 spiro atoms. The molecule has 1 aromatic carbocycles. The van der Waals surface area contributed by atoms with Crippen LogP contribution in [0.2, 0.25) is 10.0 Å². The van der Waals surface area contributed by atoms with Crippen molar-refractivity contribution in [1.82, 2.24) is 0 Å². The number of hydrogen-bond acceptors (Lipinski definition) is 0. The quantitative estimate of drug-likeness (QED) is 0.645. The summed E-state index contributed by atoms with van der Waals surface area (Å²) in [6, 6.07) is 2.84. The summed E-state index contributed by atoms with van der Waals surface area (Å²) in [5.74, 6) is -0.253. The summed E-state index contributed by atoms with van der Waals surface area (Å²) in [4.78, 5) is 0. The Morgan fingerprint density at radius 1 is 1.25 bits per heavy atom. The van der Waals surface area contributed by atoms with Crippen LogP contribution in [0.1, 0.15) is 25.3 Å². The second-order valence-electron chi connectivity index (χ2n) is 2.94. The normalized spacial score (nSPS) is 10.8. The highest BCUT2D eigenvalue weighted by molar-refractivity contribution is 6.35. The maximum absolute atomic E-state index is 13.2. The van der Waals surface area contributed by atoms with Gasteiger partial charge in [0.15, 0.2) is 0 Å². The molecular weight excluding hydrogens is 198 g/mol. The third kappa shape index (κ3) is 1.90. The SMILES string of the molecule is CC(C)c1c(F)cc(Cl)cc1Cl. The highest BCUT2D eigenvalue weighted by Gasteiger charge is 2.11. The van der Waals surface area contributed by atoms with Gasteiger partial charge in [-0.3, -0.25) is 0 Å². The van der Waals surface area contributed by atoms with Crippen molar-refractivity contribution in [3.8, 4) is 0 Å². The van der Waals surface area contributed by atoms with E-state index in [1.54, 1.807) is 6.07 Å². The van der Waals surface area contributed by atoms with Crippen molar-refractivity contribution in [2.24, 2.45) is 0 Å². The summed E-state index contributed by atoms with van der Waals surface area (Å²) in [6.45, 7) is 3.77. The molecule has 1 rings (SSSR count). The van der Waals surface area contributed by atoms with Crippen molar-refractivity contribution in [3.63, 3.8) is 0 Å². The molecule has 0 unspecified atom stereocenters. The van der Waals surface area contributed by atoms with Gasteiger partial charge in [-0.2, -0.15) is 0 Å². The predicted octanol–water partition coefficient (Wildman–Crippen LogP) is 4.26. The first-order chi connectivity index (χ1) is 5.52. The fraction of sp³-hybridized carbons (Fsp3) is 0.333. The molecule has 0 amide bonds. The zero-order valence-electron chi connectivity index (χ0n) is 6.87. The Morgan fingerprint density at radius 3 is 2.25 bits per heavy atom. The third-order valence-electron chi connectivity index (χ3n) is 1.62. The van der Waals surface area contributed by atoms with Crippen molar-refractivity contribution in [2.75, 3.05) is 0 Å². The van der Waals surface area contributed by atoms with Crippen LogP contribution in [0.15, 0.2) is 12.1 Å². The van der Waals surface area contributed by atoms with E-state index < -0.39 is 0 Å². The maximum Gasteiger partial charge on any atom is 0.129 e. The largest absolute Gasteiger partial charge is 0.207 e. The molecule has 0 saturated carbocycles. The molecule has 0 aromatic heterocycles. The first-order valence-corrected chi connectivity index (χ1v) is 4.42. The molecule has 66 valence electrons. The molecule has 0 atom stereocenters. The van der Waals surface area contributed by atoms with Gasteiger partial charge in [-0.05, 0) is 18.1 Å². The fourth-order valence-electron chi connectivity index (χ4n) is 1.10. The molecule has 0 nitrogen and oxygen atoms in total. The lowest BCUT2D eigenvalue weighted by molar-refractivity contribution is 0.598. The van der Waals surface area contributed by atoms with Gasteiger partial charge in [-0.15, -0.1) is 0 Å². The number of halogens is 3. The molecule has 0 aliphatic heterocycles. The van der Waals surface area contributed by atoms with Crippen molar-refractivity contribution in [2.45, 2.75) is 19.8 Å². The first-order valence-electron chi connectivity index (χ1n) is 3.67. The lowest BCUT2D eigenvalue weighted by atomic mass is 10.0. The van der Waals surface area contributed by atoms with Gasteiger partial charge in [0.2, 0.25) is 0 Å². The summed E-state index contributed by atoms with van der Waals surface area (Å²) in [5.41, 5.74) is 0.529. The van der Waals surface area contributed by atoms with Gasteiger partial charge in [0.1, 0.15) is 5.82 Å². The summed E-state index contributed by atoms with van der Waals surface area (Å²) in [7, 11) is 0. The van der Waals surface area contributed by atoms with Crippen LogP contribution in [0.3, 0.4) is 0 Å². The molecule has 12 heavy (non-hydrogen) atoms. The molecule has 0 aliphatic rings. The van der Waals surface area contributed by atoms with E-state index in [0.717, 1.165) is 0 Å². The zero-order chi connectivity index (χ0) is 9.30. The molecule has 0 fully saturated rings. The van der Waals surface area contributed by atoms with E-state index >= 15 is 0 Å². The van der Waals surface area contributed by atoms with E-state index in [1.165, 1.54) is 6.07 Å². The van der Waals surface area contributed by atoms with Gasteiger partial charge in [0.25, 0.3) is 0 Å². The van der Waals surface area contributed by atoms with E-state index in [1.807, 2.05) is 13.8 Å². The number of rotatable bonds is 1. The smallest absolute Gasteiger partial charge is 0.129 e. The highest BCUT2D eigenvalue weighted by Crippen LogP contribution is 2.29. The van der Waals surface area contributed by atoms with Crippen LogP contribution in [0.25, 0.3) is 0 Å². The molecule has 3 heteroatoms. The molecule has 0 saturated heterocycles. The van der Waals surface area contributed by atoms with Gasteiger partial charge in [-0.25, -0.2) is 4.39 Å².